The summed E-state index contributed by atoms with van der Waals surface area (Å²) in [6.45, 7) is 14.5. The first-order chi connectivity index (χ1) is 5.83. The molecule has 1 unspecified atom stereocenters. The highest BCUT2D eigenvalue weighted by molar-refractivity contribution is 6.78. The molecule has 0 N–H and O–H groups in total. The Morgan fingerprint density at radius 3 is 2.00 bits per heavy atom. The molecule has 1 saturated heterocycles. The Balaban J connectivity index is 2.71. The van der Waals surface area contributed by atoms with E-state index in [9.17, 15) is 0 Å². The van der Waals surface area contributed by atoms with Crippen LogP contribution < -0.4 is 0 Å². The lowest BCUT2D eigenvalue weighted by atomic mass is 10.0. The molecule has 1 atom stereocenters. The van der Waals surface area contributed by atoms with E-state index in [-0.39, 0.29) is 0 Å². The molecule has 1 fully saturated rings. The summed E-state index contributed by atoms with van der Waals surface area (Å²) in [4.78, 5) is 2.73. The molecule has 0 amide bonds. The largest absolute Gasteiger partial charge is 0.301 e. The van der Waals surface area contributed by atoms with Gasteiger partial charge in [-0.15, -0.1) is 0 Å². The second kappa shape index (κ2) is 3.74. The van der Waals surface area contributed by atoms with Crippen molar-refractivity contribution in [1.82, 2.24) is 4.90 Å². The van der Waals surface area contributed by atoms with E-state index in [4.69, 9.17) is 0 Å². The summed E-state index contributed by atoms with van der Waals surface area (Å²) >= 11 is 0. The quantitative estimate of drug-likeness (QED) is 0.618. The second-order valence-electron chi connectivity index (χ2n) is 5.95. The molecule has 0 bridgehead atoms. The monoisotopic (exact) mass is 199 g/mol. The third kappa shape index (κ3) is 2.56. The van der Waals surface area contributed by atoms with E-state index < -0.39 is 8.07 Å². The molecule has 78 valence electrons. The average molecular weight is 199 g/mol. The minimum absolute atomic E-state index is 0.738. The van der Waals surface area contributed by atoms with Crippen molar-refractivity contribution in [2.45, 2.75) is 58.9 Å². The first-order valence-corrected chi connectivity index (χ1v) is 9.00. The van der Waals surface area contributed by atoms with Crippen molar-refractivity contribution in [2.24, 2.45) is 5.92 Å². The standard InChI is InChI=1S/C11H25NSi/c1-9(2)11-7-13(5,6)8-12(11)10(3)4/h9-11H,7-8H2,1-6H3. The molecular weight excluding hydrogens is 174 g/mol. The van der Waals surface area contributed by atoms with Crippen molar-refractivity contribution in [3.05, 3.63) is 0 Å². The van der Waals surface area contributed by atoms with Crippen molar-refractivity contribution < 1.29 is 0 Å². The molecule has 0 radical (unpaired) electrons. The van der Waals surface area contributed by atoms with E-state index in [1.807, 2.05) is 0 Å². The second-order valence-corrected chi connectivity index (χ2v) is 11.0. The van der Waals surface area contributed by atoms with Crippen LogP contribution in [0.2, 0.25) is 19.1 Å². The van der Waals surface area contributed by atoms with Gasteiger partial charge in [0.1, 0.15) is 0 Å². The van der Waals surface area contributed by atoms with Crippen LogP contribution in [0.25, 0.3) is 0 Å². The van der Waals surface area contributed by atoms with E-state index >= 15 is 0 Å². The average Bonchev–Trinajstić information content (AvgIpc) is 2.26. The molecule has 1 aliphatic rings. The molecule has 0 aliphatic carbocycles. The summed E-state index contributed by atoms with van der Waals surface area (Å²) in [5, 5.41) is 0. The zero-order valence-electron chi connectivity index (χ0n) is 10.1. The fourth-order valence-corrected chi connectivity index (χ4v) is 6.10. The molecule has 0 aromatic rings. The normalized spacial score (nSPS) is 29.1. The predicted octanol–water partition coefficient (Wildman–Crippen LogP) is 2.98. The van der Waals surface area contributed by atoms with E-state index in [1.54, 1.807) is 0 Å². The topological polar surface area (TPSA) is 3.24 Å². The van der Waals surface area contributed by atoms with Crippen LogP contribution in [0.1, 0.15) is 27.7 Å². The zero-order valence-corrected chi connectivity index (χ0v) is 11.1. The fourth-order valence-electron chi connectivity index (χ4n) is 2.54. The number of nitrogens with zero attached hydrogens (tertiary/aromatic N) is 1. The smallest absolute Gasteiger partial charge is 0.0645 e. The van der Waals surface area contributed by atoms with E-state index in [2.05, 4.69) is 45.7 Å². The molecule has 0 aromatic carbocycles. The van der Waals surface area contributed by atoms with E-state index in [0.717, 1.165) is 18.0 Å². The highest BCUT2D eigenvalue weighted by Crippen LogP contribution is 2.32. The molecular formula is C11H25NSi. The third-order valence-corrected chi connectivity index (χ3v) is 5.98. The lowest BCUT2D eigenvalue weighted by Crippen LogP contribution is -2.39. The maximum Gasteiger partial charge on any atom is 0.0645 e. The Labute approximate surface area is 84.5 Å². The van der Waals surface area contributed by atoms with Crippen molar-refractivity contribution in [3.63, 3.8) is 0 Å². The van der Waals surface area contributed by atoms with Gasteiger partial charge in [-0.05, 0) is 32.0 Å². The first kappa shape index (κ1) is 11.3. The van der Waals surface area contributed by atoms with Gasteiger partial charge in [-0.25, -0.2) is 0 Å². The number of hydrogen-bond donors (Lipinski definition) is 0. The summed E-state index contributed by atoms with van der Waals surface area (Å²) in [5.74, 6) is 0.830. The van der Waals surface area contributed by atoms with Crippen LogP contribution in [-0.4, -0.2) is 31.2 Å². The lowest BCUT2D eigenvalue weighted by Gasteiger charge is -2.31. The molecule has 0 saturated carbocycles. The van der Waals surface area contributed by atoms with E-state index in [1.165, 1.54) is 12.2 Å². The van der Waals surface area contributed by atoms with Crippen molar-refractivity contribution in [2.75, 3.05) is 6.17 Å². The van der Waals surface area contributed by atoms with Crippen molar-refractivity contribution in [1.29, 1.82) is 0 Å². The van der Waals surface area contributed by atoms with Crippen LogP contribution in [0.3, 0.4) is 0 Å². The summed E-state index contributed by atoms with van der Waals surface area (Å²) in [6.07, 6.45) is 1.41. The van der Waals surface area contributed by atoms with Crippen LogP contribution in [0.4, 0.5) is 0 Å². The van der Waals surface area contributed by atoms with Gasteiger partial charge in [-0.3, -0.25) is 0 Å². The number of rotatable bonds is 2. The highest BCUT2D eigenvalue weighted by Gasteiger charge is 2.40. The maximum atomic E-state index is 2.73. The minimum atomic E-state index is -0.866. The Morgan fingerprint density at radius 1 is 1.15 bits per heavy atom. The van der Waals surface area contributed by atoms with Crippen LogP contribution >= 0.6 is 0 Å². The molecule has 1 nitrogen and oxygen atoms in total. The predicted molar refractivity (Wildman–Crippen MR) is 62.8 cm³/mol. The summed E-state index contributed by atoms with van der Waals surface area (Å²) < 4.78 is 0. The Morgan fingerprint density at radius 2 is 1.69 bits per heavy atom. The molecule has 0 aromatic heterocycles. The molecule has 1 rings (SSSR count). The highest BCUT2D eigenvalue weighted by atomic mass is 28.3. The zero-order chi connectivity index (χ0) is 10.2. The Hall–Kier alpha value is 0.177. The van der Waals surface area contributed by atoms with Gasteiger partial charge in [-0.2, -0.15) is 0 Å². The van der Waals surface area contributed by atoms with Gasteiger partial charge >= 0.3 is 0 Å². The lowest BCUT2D eigenvalue weighted by molar-refractivity contribution is 0.173. The molecule has 0 spiro atoms. The van der Waals surface area contributed by atoms with Crippen molar-refractivity contribution >= 4 is 8.07 Å². The van der Waals surface area contributed by atoms with Gasteiger partial charge in [0.15, 0.2) is 0 Å². The van der Waals surface area contributed by atoms with Gasteiger partial charge in [-0.1, -0.05) is 26.9 Å². The Kier molecular flexibility index (Phi) is 3.23. The molecule has 2 heteroatoms. The Bertz CT molecular complexity index is 157. The van der Waals surface area contributed by atoms with Gasteiger partial charge in [0, 0.05) is 12.1 Å². The van der Waals surface area contributed by atoms with Crippen molar-refractivity contribution in [3.8, 4) is 0 Å². The van der Waals surface area contributed by atoms with Gasteiger partial charge < -0.3 is 4.90 Å². The molecule has 1 heterocycles. The SMILES string of the molecule is CC(C)C1C[Si](C)(C)CN1C(C)C. The van der Waals surface area contributed by atoms with Gasteiger partial charge in [0.25, 0.3) is 0 Å². The third-order valence-electron chi connectivity index (χ3n) is 3.23. The molecule has 13 heavy (non-hydrogen) atoms. The van der Waals surface area contributed by atoms with E-state index in [0.29, 0.717) is 0 Å². The van der Waals surface area contributed by atoms with Crippen LogP contribution in [0.15, 0.2) is 0 Å². The van der Waals surface area contributed by atoms with Crippen LogP contribution in [-0.2, 0) is 0 Å². The van der Waals surface area contributed by atoms with Gasteiger partial charge in [0.2, 0.25) is 0 Å². The van der Waals surface area contributed by atoms with Crippen LogP contribution in [0.5, 0.6) is 0 Å². The summed E-state index contributed by atoms with van der Waals surface area (Å²) in [5.41, 5.74) is 0. The van der Waals surface area contributed by atoms with Crippen LogP contribution in [0, 0.1) is 5.92 Å². The number of hydrogen-bond acceptors (Lipinski definition) is 1. The summed E-state index contributed by atoms with van der Waals surface area (Å²) in [7, 11) is -0.866. The first-order valence-electron chi connectivity index (χ1n) is 5.59. The maximum absolute atomic E-state index is 2.73. The fraction of sp³-hybridized carbons (Fsp3) is 1.00. The van der Waals surface area contributed by atoms with Gasteiger partial charge in [0.05, 0.1) is 8.07 Å². The summed E-state index contributed by atoms with van der Waals surface area (Å²) in [6, 6.07) is 3.10. The molecule has 1 aliphatic heterocycles. The minimum Gasteiger partial charge on any atom is -0.301 e.